The fourth-order valence-electron chi connectivity index (χ4n) is 2.98. The Kier molecular flexibility index (Phi) is 5.59. The number of amides is 2. The van der Waals surface area contributed by atoms with Crippen LogP contribution in [0.15, 0.2) is 11.3 Å². The minimum Gasteiger partial charge on any atom is -0.503 e. The molecule has 0 spiro atoms. The van der Waals surface area contributed by atoms with Gasteiger partial charge < -0.3 is 24.4 Å². The first-order valence-corrected chi connectivity index (χ1v) is 8.52. The maximum atomic E-state index is 12.3. The fourth-order valence-corrected chi connectivity index (χ4v) is 2.98. The summed E-state index contributed by atoms with van der Waals surface area (Å²) in [5.41, 5.74) is -0.626. The molecule has 1 saturated heterocycles. The SMILES string of the molecule is CCOC(=O)C1=C(O)C(=O)N(C[C@H]2CCCN2C(=O)OC(C)(C)C)C1. The lowest BCUT2D eigenvalue weighted by Crippen LogP contribution is -2.46. The summed E-state index contributed by atoms with van der Waals surface area (Å²) in [5.74, 6) is -1.87. The van der Waals surface area contributed by atoms with Gasteiger partial charge in [0.05, 0.1) is 19.2 Å². The van der Waals surface area contributed by atoms with Crippen LogP contribution < -0.4 is 0 Å². The zero-order valence-electron chi connectivity index (χ0n) is 15.2. The molecule has 0 aromatic heterocycles. The number of hydrogen-bond acceptors (Lipinski definition) is 6. The van der Waals surface area contributed by atoms with E-state index in [0.29, 0.717) is 6.54 Å². The normalized spacial score (nSPS) is 21.1. The van der Waals surface area contributed by atoms with Gasteiger partial charge in [0, 0.05) is 13.1 Å². The number of nitrogens with zero attached hydrogens (tertiary/aromatic N) is 2. The van der Waals surface area contributed by atoms with E-state index in [1.807, 2.05) is 0 Å². The van der Waals surface area contributed by atoms with Crippen LogP contribution in [0.1, 0.15) is 40.5 Å². The number of aliphatic hydroxyl groups excluding tert-OH is 1. The van der Waals surface area contributed by atoms with E-state index in [1.165, 1.54) is 4.90 Å². The molecule has 0 unspecified atom stereocenters. The lowest BCUT2D eigenvalue weighted by molar-refractivity contribution is -0.138. The van der Waals surface area contributed by atoms with Crippen molar-refractivity contribution in [3.05, 3.63) is 11.3 Å². The summed E-state index contributed by atoms with van der Waals surface area (Å²) in [6, 6.07) is -0.201. The number of rotatable bonds is 4. The Morgan fingerprint density at radius 2 is 2.00 bits per heavy atom. The quantitative estimate of drug-likeness (QED) is 0.771. The zero-order valence-corrected chi connectivity index (χ0v) is 15.2. The molecule has 1 N–H and O–H groups in total. The van der Waals surface area contributed by atoms with Gasteiger partial charge in [-0.2, -0.15) is 0 Å². The van der Waals surface area contributed by atoms with Crippen LogP contribution in [0.4, 0.5) is 4.79 Å². The van der Waals surface area contributed by atoms with Gasteiger partial charge in [0.1, 0.15) is 11.2 Å². The summed E-state index contributed by atoms with van der Waals surface area (Å²) >= 11 is 0. The van der Waals surface area contributed by atoms with E-state index in [4.69, 9.17) is 9.47 Å². The monoisotopic (exact) mass is 354 g/mol. The molecule has 2 aliphatic heterocycles. The van der Waals surface area contributed by atoms with Crippen molar-refractivity contribution in [2.45, 2.75) is 52.2 Å². The van der Waals surface area contributed by atoms with E-state index in [0.717, 1.165) is 12.8 Å². The third kappa shape index (κ3) is 4.43. The molecule has 0 bridgehead atoms. The molecular formula is C17H26N2O6. The average Bonchev–Trinajstić information content (AvgIpc) is 3.06. The first kappa shape index (κ1) is 19.1. The summed E-state index contributed by atoms with van der Waals surface area (Å²) in [6.45, 7) is 8.01. The number of aliphatic hydroxyl groups is 1. The topological polar surface area (TPSA) is 96.4 Å². The maximum Gasteiger partial charge on any atom is 0.410 e. The van der Waals surface area contributed by atoms with Gasteiger partial charge in [0.25, 0.3) is 5.91 Å². The molecule has 1 atom stereocenters. The molecule has 2 aliphatic rings. The molecule has 0 aromatic rings. The summed E-state index contributed by atoms with van der Waals surface area (Å²) in [5, 5.41) is 9.91. The smallest absolute Gasteiger partial charge is 0.410 e. The average molecular weight is 354 g/mol. The van der Waals surface area contributed by atoms with Crippen molar-refractivity contribution in [2.24, 2.45) is 0 Å². The van der Waals surface area contributed by atoms with Crippen LogP contribution >= 0.6 is 0 Å². The van der Waals surface area contributed by atoms with Crippen molar-refractivity contribution >= 4 is 18.0 Å². The molecule has 2 amide bonds. The number of likely N-dealkylation sites (tertiary alicyclic amines) is 1. The van der Waals surface area contributed by atoms with Gasteiger partial charge in [-0.15, -0.1) is 0 Å². The first-order valence-electron chi connectivity index (χ1n) is 8.52. The van der Waals surface area contributed by atoms with Crippen molar-refractivity contribution in [2.75, 3.05) is 26.2 Å². The van der Waals surface area contributed by atoms with E-state index in [1.54, 1.807) is 32.6 Å². The first-order chi connectivity index (χ1) is 11.6. The van der Waals surface area contributed by atoms with Crippen molar-refractivity contribution < 1.29 is 29.0 Å². The third-order valence-corrected chi connectivity index (χ3v) is 4.08. The van der Waals surface area contributed by atoms with Crippen LogP contribution in [0.2, 0.25) is 0 Å². The number of ether oxygens (including phenoxy) is 2. The highest BCUT2D eigenvalue weighted by Gasteiger charge is 2.39. The van der Waals surface area contributed by atoms with Gasteiger partial charge in [-0.1, -0.05) is 0 Å². The summed E-state index contributed by atoms with van der Waals surface area (Å²) < 4.78 is 10.3. The Morgan fingerprint density at radius 3 is 2.60 bits per heavy atom. The maximum absolute atomic E-state index is 12.3. The van der Waals surface area contributed by atoms with Gasteiger partial charge in [-0.3, -0.25) is 4.79 Å². The molecule has 1 fully saturated rings. The van der Waals surface area contributed by atoms with E-state index < -0.39 is 29.3 Å². The molecular weight excluding hydrogens is 328 g/mol. The van der Waals surface area contributed by atoms with E-state index in [9.17, 15) is 19.5 Å². The molecule has 0 aliphatic carbocycles. The number of esters is 1. The standard InChI is InChI=1S/C17H26N2O6/c1-5-24-15(22)12-10-18(14(21)13(12)20)9-11-7-6-8-19(11)16(23)25-17(2,3)4/h11,20H,5-10H2,1-4H3/t11-/m1/s1. The van der Waals surface area contributed by atoms with E-state index >= 15 is 0 Å². The fraction of sp³-hybridized carbons (Fsp3) is 0.706. The summed E-state index contributed by atoms with van der Waals surface area (Å²) in [4.78, 5) is 39.3. The van der Waals surface area contributed by atoms with Crippen molar-refractivity contribution in [3.63, 3.8) is 0 Å². The van der Waals surface area contributed by atoms with Crippen LogP contribution in [-0.2, 0) is 19.1 Å². The second-order valence-electron chi connectivity index (χ2n) is 7.20. The lowest BCUT2D eigenvalue weighted by atomic mass is 10.2. The predicted molar refractivity (Wildman–Crippen MR) is 88.8 cm³/mol. The molecule has 2 rings (SSSR count). The third-order valence-electron chi connectivity index (χ3n) is 4.08. The molecule has 8 nitrogen and oxygen atoms in total. The largest absolute Gasteiger partial charge is 0.503 e. The molecule has 0 saturated carbocycles. The number of carbonyl (C=O) groups is 3. The van der Waals surface area contributed by atoms with Gasteiger partial charge in [-0.25, -0.2) is 9.59 Å². The van der Waals surface area contributed by atoms with Crippen LogP contribution in [0.5, 0.6) is 0 Å². The Morgan fingerprint density at radius 1 is 1.32 bits per heavy atom. The number of carbonyl (C=O) groups excluding carboxylic acids is 3. The molecule has 2 heterocycles. The Balaban J connectivity index is 2.01. The number of hydrogen-bond donors (Lipinski definition) is 1. The summed E-state index contributed by atoms with van der Waals surface area (Å²) in [6.07, 6.45) is 1.14. The van der Waals surface area contributed by atoms with E-state index in [2.05, 4.69) is 0 Å². The van der Waals surface area contributed by atoms with Crippen molar-refractivity contribution in [3.8, 4) is 0 Å². The highest BCUT2D eigenvalue weighted by Crippen LogP contribution is 2.25. The molecule has 25 heavy (non-hydrogen) atoms. The molecule has 0 radical (unpaired) electrons. The minimum absolute atomic E-state index is 0.0117. The van der Waals surface area contributed by atoms with Crippen molar-refractivity contribution in [1.82, 2.24) is 9.80 Å². The second-order valence-corrected chi connectivity index (χ2v) is 7.20. The molecule has 140 valence electrons. The minimum atomic E-state index is -0.689. The van der Waals surface area contributed by atoms with Crippen LogP contribution in [-0.4, -0.2) is 70.8 Å². The predicted octanol–water partition coefficient (Wildman–Crippen LogP) is 1.60. The Labute approximate surface area is 147 Å². The van der Waals surface area contributed by atoms with Gasteiger partial charge in [-0.05, 0) is 40.5 Å². The van der Waals surface area contributed by atoms with Crippen LogP contribution in [0, 0.1) is 0 Å². The lowest BCUT2D eigenvalue weighted by Gasteiger charge is -2.30. The Hall–Kier alpha value is -2.25. The van der Waals surface area contributed by atoms with Gasteiger partial charge in [0.15, 0.2) is 5.76 Å². The highest BCUT2D eigenvalue weighted by molar-refractivity contribution is 6.05. The van der Waals surface area contributed by atoms with Crippen LogP contribution in [0.25, 0.3) is 0 Å². The Bertz CT molecular complexity index is 592. The van der Waals surface area contributed by atoms with Gasteiger partial charge >= 0.3 is 12.1 Å². The van der Waals surface area contributed by atoms with Crippen LogP contribution in [0.3, 0.4) is 0 Å². The summed E-state index contributed by atoms with van der Waals surface area (Å²) in [7, 11) is 0. The zero-order chi connectivity index (χ0) is 18.8. The molecule has 0 aromatic carbocycles. The van der Waals surface area contributed by atoms with Crippen molar-refractivity contribution in [1.29, 1.82) is 0 Å². The molecule has 8 heteroatoms. The van der Waals surface area contributed by atoms with Gasteiger partial charge in [0.2, 0.25) is 0 Å². The second kappa shape index (κ2) is 7.33. The highest BCUT2D eigenvalue weighted by atomic mass is 16.6. The van der Waals surface area contributed by atoms with E-state index in [-0.39, 0.29) is 31.3 Å².